The largest absolute Gasteiger partial charge is 0.282 e. The minimum absolute atomic E-state index is 0.0515. The molecule has 2 aromatic rings. The molecule has 0 fully saturated rings. The van der Waals surface area contributed by atoms with Gasteiger partial charge in [0.25, 0.3) is 6.43 Å². The maximum Gasteiger partial charge on any atom is 0.282 e. The Balaban J connectivity index is 1.88. The van der Waals surface area contributed by atoms with Gasteiger partial charge in [0.2, 0.25) is 10.0 Å². The monoisotopic (exact) mass is 327 g/mol. The van der Waals surface area contributed by atoms with E-state index in [-0.39, 0.29) is 30.2 Å². The highest BCUT2D eigenvalue weighted by molar-refractivity contribution is 7.89. The van der Waals surface area contributed by atoms with Gasteiger partial charge in [0.1, 0.15) is 5.69 Å². The summed E-state index contributed by atoms with van der Waals surface area (Å²) in [5, 5.41) is 3.80. The lowest BCUT2D eigenvalue weighted by Gasteiger charge is -2.26. The van der Waals surface area contributed by atoms with Gasteiger partial charge in [-0.25, -0.2) is 17.2 Å². The normalized spacial score (nSPS) is 16.0. The predicted molar refractivity (Wildman–Crippen MR) is 76.0 cm³/mol. The molecule has 1 aliphatic heterocycles. The molecule has 0 unspecified atom stereocenters. The van der Waals surface area contributed by atoms with Gasteiger partial charge in [-0.15, -0.1) is 0 Å². The predicted octanol–water partition coefficient (Wildman–Crippen LogP) is 2.33. The van der Waals surface area contributed by atoms with E-state index in [0.29, 0.717) is 5.69 Å². The van der Waals surface area contributed by atoms with Gasteiger partial charge in [0, 0.05) is 6.54 Å². The van der Waals surface area contributed by atoms with Crippen LogP contribution in [0.15, 0.2) is 35.2 Å². The summed E-state index contributed by atoms with van der Waals surface area (Å²) < 4.78 is 53.3. The molecule has 1 aromatic carbocycles. The van der Waals surface area contributed by atoms with Crippen LogP contribution in [0.1, 0.15) is 23.4 Å². The van der Waals surface area contributed by atoms with Crippen LogP contribution in [0.5, 0.6) is 0 Å². The second-order valence-corrected chi connectivity index (χ2v) is 7.17. The van der Waals surface area contributed by atoms with E-state index in [1.807, 2.05) is 6.92 Å². The van der Waals surface area contributed by atoms with Crippen molar-refractivity contribution >= 4 is 10.0 Å². The summed E-state index contributed by atoms with van der Waals surface area (Å²) in [6.45, 7) is 2.42. The molecule has 1 aliphatic rings. The fourth-order valence-corrected chi connectivity index (χ4v) is 3.84. The van der Waals surface area contributed by atoms with E-state index in [2.05, 4.69) is 5.10 Å². The number of aryl methyl sites for hydroxylation is 1. The Hall–Kier alpha value is -1.80. The number of hydrogen-bond acceptors (Lipinski definition) is 3. The van der Waals surface area contributed by atoms with Crippen molar-refractivity contribution in [3.05, 3.63) is 47.3 Å². The first-order valence-corrected chi connectivity index (χ1v) is 8.23. The second kappa shape index (κ2) is 5.44. The molecule has 0 N–H and O–H groups in total. The van der Waals surface area contributed by atoms with Crippen LogP contribution >= 0.6 is 0 Å². The molecule has 0 aliphatic carbocycles. The first-order chi connectivity index (χ1) is 10.4. The minimum atomic E-state index is -3.63. The molecule has 1 aromatic heterocycles. The molecule has 0 saturated carbocycles. The summed E-state index contributed by atoms with van der Waals surface area (Å²) in [5.74, 6) is 0. The Kier molecular flexibility index (Phi) is 3.73. The van der Waals surface area contributed by atoms with Gasteiger partial charge in [-0.3, -0.25) is 4.68 Å². The van der Waals surface area contributed by atoms with Crippen LogP contribution in [-0.4, -0.2) is 29.0 Å². The maximum absolute atomic E-state index is 12.7. The second-order valence-electron chi connectivity index (χ2n) is 5.24. The molecular formula is C14H15F2N3O2S. The van der Waals surface area contributed by atoms with E-state index in [1.54, 1.807) is 24.3 Å². The summed E-state index contributed by atoms with van der Waals surface area (Å²) >= 11 is 0. The summed E-state index contributed by atoms with van der Waals surface area (Å²) in [7, 11) is -3.63. The topological polar surface area (TPSA) is 55.2 Å². The smallest absolute Gasteiger partial charge is 0.266 e. The number of sulfonamides is 1. The first-order valence-electron chi connectivity index (χ1n) is 6.79. The number of benzene rings is 1. The maximum atomic E-state index is 12.7. The third-order valence-electron chi connectivity index (χ3n) is 3.66. The third-order valence-corrected chi connectivity index (χ3v) is 5.52. The van der Waals surface area contributed by atoms with Gasteiger partial charge in [0.15, 0.2) is 0 Å². The van der Waals surface area contributed by atoms with Crippen LogP contribution in [-0.2, 0) is 23.1 Å². The number of nitrogens with zero attached hydrogens (tertiary/aromatic N) is 3. The van der Waals surface area contributed by atoms with Crippen molar-refractivity contribution < 1.29 is 17.2 Å². The number of hydrogen-bond donors (Lipinski definition) is 0. The van der Waals surface area contributed by atoms with E-state index < -0.39 is 16.4 Å². The molecule has 22 heavy (non-hydrogen) atoms. The summed E-state index contributed by atoms with van der Waals surface area (Å²) in [6.07, 6.45) is -2.65. The van der Waals surface area contributed by atoms with Crippen molar-refractivity contribution in [1.29, 1.82) is 0 Å². The molecule has 0 saturated heterocycles. The van der Waals surface area contributed by atoms with Gasteiger partial charge in [-0.1, -0.05) is 17.7 Å². The highest BCUT2D eigenvalue weighted by Gasteiger charge is 2.30. The molecule has 0 atom stereocenters. The van der Waals surface area contributed by atoms with E-state index in [0.717, 1.165) is 5.56 Å². The lowest BCUT2D eigenvalue weighted by Crippen LogP contribution is -2.38. The zero-order valence-electron chi connectivity index (χ0n) is 11.9. The quantitative estimate of drug-likeness (QED) is 0.869. The average molecular weight is 327 g/mol. The fraction of sp³-hybridized carbons (Fsp3) is 0.357. The number of rotatable bonds is 3. The van der Waals surface area contributed by atoms with Crippen molar-refractivity contribution in [3.63, 3.8) is 0 Å². The van der Waals surface area contributed by atoms with Crippen molar-refractivity contribution in [2.24, 2.45) is 0 Å². The van der Waals surface area contributed by atoms with Gasteiger partial charge in [-0.05, 0) is 25.1 Å². The van der Waals surface area contributed by atoms with Gasteiger partial charge < -0.3 is 0 Å². The highest BCUT2D eigenvalue weighted by Crippen LogP contribution is 2.25. The standard InChI is InChI=1S/C14H15F2N3O2S/c1-10-2-4-12(5-3-10)22(20,21)18-6-7-19-11(9-18)8-13(17-19)14(15)16/h2-5,8,14H,6-7,9H2,1H3. The summed E-state index contributed by atoms with van der Waals surface area (Å²) in [4.78, 5) is 0.208. The first kappa shape index (κ1) is 15.1. The Morgan fingerprint density at radius 2 is 1.86 bits per heavy atom. The van der Waals surface area contributed by atoms with E-state index in [1.165, 1.54) is 15.1 Å². The van der Waals surface area contributed by atoms with Gasteiger partial charge >= 0.3 is 0 Å². The van der Waals surface area contributed by atoms with Crippen LogP contribution in [0.2, 0.25) is 0 Å². The van der Waals surface area contributed by atoms with Crippen molar-refractivity contribution in [2.45, 2.75) is 31.3 Å². The molecule has 0 spiro atoms. The van der Waals surface area contributed by atoms with E-state index in [9.17, 15) is 17.2 Å². The van der Waals surface area contributed by atoms with Crippen molar-refractivity contribution in [3.8, 4) is 0 Å². The molecule has 2 heterocycles. The molecular weight excluding hydrogens is 312 g/mol. The molecule has 3 rings (SSSR count). The Morgan fingerprint density at radius 1 is 1.18 bits per heavy atom. The minimum Gasteiger partial charge on any atom is -0.266 e. The van der Waals surface area contributed by atoms with Crippen LogP contribution in [0.3, 0.4) is 0 Å². The third kappa shape index (κ3) is 2.64. The summed E-state index contributed by atoms with van der Waals surface area (Å²) in [6, 6.07) is 7.84. The van der Waals surface area contributed by atoms with Crippen LogP contribution < -0.4 is 0 Å². The number of fused-ring (bicyclic) bond motifs is 1. The Labute approximate surface area is 127 Å². The van der Waals surface area contributed by atoms with E-state index >= 15 is 0 Å². The molecule has 0 bridgehead atoms. The van der Waals surface area contributed by atoms with Crippen molar-refractivity contribution in [1.82, 2.24) is 14.1 Å². The lowest BCUT2D eigenvalue weighted by atomic mass is 10.2. The fourth-order valence-electron chi connectivity index (χ4n) is 2.44. The van der Waals surface area contributed by atoms with E-state index in [4.69, 9.17) is 0 Å². The molecule has 5 nitrogen and oxygen atoms in total. The van der Waals surface area contributed by atoms with Crippen LogP contribution in [0.25, 0.3) is 0 Å². The number of halogens is 2. The molecule has 0 radical (unpaired) electrons. The van der Waals surface area contributed by atoms with Crippen molar-refractivity contribution in [2.75, 3.05) is 6.54 Å². The van der Waals surface area contributed by atoms with Gasteiger partial charge in [0.05, 0.1) is 23.7 Å². The number of aromatic nitrogens is 2. The zero-order valence-corrected chi connectivity index (χ0v) is 12.7. The van der Waals surface area contributed by atoms with Crippen LogP contribution in [0, 0.1) is 6.92 Å². The van der Waals surface area contributed by atoms with Gasteiger partial charge in [-0.2, -0.15) is 9.40 Å². The Morgan fingerprint density at radius 3 is 2.50 bits per heavy atom. The van der Waals surface area contributed by atoms with Crippen LogP contribution in [0.4, 0.5) is 8.78 Å². The molecule has 118 valence electrons. The lowest BCUT2D eigenvalue weighted by molar-refractivity contribution is 0.145. The average Bonchev–Trinajstić information content (AvgIpc) is 2.91. The SMILES string of the molecule is Cc1ccc(S(=O)(=O)N2CCn3nc(C(F)F)cc3C2)cc1. The summed E-state index contributed by atoms with van der Waals surface area (Å²) in [5.41, 5.74) is 1.14. The highest BCUT2D eigenvalue weighted by atomic mass is 32.2. The molecule has 0 amide bonds. The Bertz CT molecular complexity index is 785. The zero-order chi connectivity index (χ0) is 15.9. The number of alkyl halides is 2. The molecule has 8 heteroatoms.